The minimum atomic E-state index is -5.05. The van der Waals surface area contributed by atoms with Crippen LogP contribution in [0.1, 0.15) is 5.56 Å². The zero-order chi connectivity index (χ0) is 21.2. The van der Waals surface area contributed by atoms with Crippen molar-refractivity contribution in [1.29, 1.82) is 0 Å². The largest absolute Gasteiger partial charge is 0.446 e. The van der Waals surface area contributed by atoms with Crippen LogP contribution in [0.3, 0.4) is 0 Å². The SMILES string of the molecule is NC(N)=NC(N)=Nc1ccc(F)c(F)c1Oc1c(F)cc(C(F)(F)F)cc1F. The molecule has 6 nitrogen and oxygen atoms in total. The van der Waals surface area contributed by atoms with Crippen LogP contribution in [-0.4, -0.2) is 11.9 Å². The highest BCUT2D eigenvalue weighted by Crippen LogP contribution is 2.40. The number of aliphatic imine (C=N–C) groups is 2. The Labute approximate surface area is 152 Å². The lowest BCUT2D eigenvalue weighted by molar-refractivity contribution is -0.138. The van der Waals surface area contributed by atoms with E-state index in [4.69, 9.17) is 17.2 Å². The second-order valence-corrected chi connectivity index (χ2v) is 5.09. The van der Waals surface area contributed by atoms with Gasteiger partial charge in [0.05, 0.1) is 5.56 Å². The van der Waals surface area contributed by atoms with E-state index >= 15 is 0 Å². The summed E-state index contributed by atoms with van der Waals surface area (Å²) in [5, 5.41) is 0. The molecule has 0 bridgehead atoms. The Hall–Kier alpha value is -3.51. The van der Waals surface area contributed by atoms with Crippen LogP contribution in [0.15, 0.2) is 34.3 Å². The van der Waals surface area contributed by atoms with Crippen molar-refractivity contribution in [3.63, 3.8) is 0 Å². The van der Waals surface area contributed by atoms with E-state index in [1.807, 2.05) is 0 Å². The Kier molecular flexibility index (Phi) is 5.66. The monoisotopic (exact) mass is 409 g/mol. The van der Waals surface area contributed by atoms with E-state index in [2.05, 4.69) is 14.7 Å². The number of benzene rings is 2. The first kappa shape index (κ1) is 20.8. The Morgan fingerprint density at radius 2 is 1.43 bits per heavy atom. The molecule has 0 fully saturated rings. The molecule has 13 heteroatoms. The zero-order valence-corrected chi connectivity index (χ0v) is 13.5. The van der Waals surface area contributed by atoms with E-state index in [1.54, 1.807) is 0 Å². The number of rotatable bonds is 3. The minimum absolute atomic E-state index is 0.0771. The van der Waals surface area contributed by atoms with Crippen LogP contribution < -0.4 is 21.9 Å². The van der Waals surface area contributed by atoms with E-state index in [0.29, 0.717) is 6.07 Å². The number of nitrogens with zero attached hydrogens (tertiary/aromatic N) is 2. The molecule has 0 aliphatic rings. The fourth-order valence-electron chi connectivity index (χ4n) is 1.91. The van der Waals surface area contributed by atoms with Crippen LogP contribution >= 0.6 is 0 Å². The molecule has 0 saturated heterocycles. The van der Waals surface area contributed by atoms with Crippen molar-refractivity contribution in [3.8, 4) is 11.5 Å². The summed E-state index contributed by atoms with van der Waals surface area (Å²) in [6.07, 6.45) is -5.05. The topological polar surface area (TPSA) is 112 Å². The van der Waals surface area contributed by atoms with Gasteiger partial charge in [-0.1, -0.05) is 0 Å². The Bertz CT molecular complexity index is 945. The zero-order valence-electron chi connectivity index (χ0n) is 13.5. The fraction of sp³-hybridized carbons (Fsp3) is 0.0667. The maximum absolute atomic E-state index is 14.1. The summed E-state index contributed by atoms with van der Waals surface area (Å²) in [5.74, 6) is -10.6. The van der Waals surface area contributed by atoms with Gasteiger partial charge in [-0.2, -0.15) is 22.6 Å². The fourth-order valence-corrected chi connectivity index (χ4v) is 1.91. The van der Waals surface area contributed by atoms with Gasteiger partial charge in [0.15, 0.2) is 34.9 Å². The number of hydrogen-bond acceptors (Lipinski definition) is 2. The molecule has 6 N–H and O–H groups in total. The number of alkyl halides is 3. The molecule has 0 aromatic heterocycles. The molecule has 0 unspecified atom stereocenters. The molecule has 0 atom stereocenters. The first-order valence-electron chi connectivity index (χ1n) is 7.06. The van der Waals surface area contributed by atoms with Crippen LogP contribution in [0.25, 0.3) is 0 Å². The average Bonchev–Trinajstić information content (AvgIpc) is 2.54. The molecular formula is C15H10F7N5O. The third kappa shape index (κ3) is 4.61. The van der Waals surface area contributed by atoms with Gasteiger partial charge in [0.25, 0.3) is 0 Å². The molecular weight excluding hydrogens is 399 g/mol. The lowest BCUT2D eigenvalue weighted by Crippen LogP contribution is -2.26. The lowest BCUT2D eigenvalue weighted by Gasteiger charge is -2.13. The molecule has 2 aromatic carbocycles. The highest BCUT2D eigenvalue weighted by atomic mass is 19.4. The maximum Gasteiger partial charge on any atom is 0.416 e. The Balaban J connectivity index is 2.58. The number of guanidine groups is 2. The van der Waals surface area contributed by atoms with Gasteiger partial charge in [-0.15, -0.1) is 0 Å². The molecule has 0 saturated carbocycles. The van der Waals surface area contributed by atoms with Crippen molar-refractivity contribution < 1.29 is 35.5 Å². The molecule has 0 radical (unpaired) electrons. The normalized spacial score (nSPS) is 12.0. The quantitative estimate of drug-likeness (QED) is 0.410. The van der Waals surface area contributed by atoms with Gasteiger partial charge in [0, 0.05) is 0 Å². The van der Waals surface area contributed by atoms with Gasteiger partial charge in [-0.05, 0) is 24.3 Å². The van der Waals surface area contributed by atoms with E-state index in [1.165, 1.54) is 0 Å². The standard InChI is InChI=1S/C15H10F7N5O/c16-6-1-2-9(26-14(25)27-13(23)24)12(10(6)19)28-11-7(17)3-5(4-8(11)18)15(20,21)22/h1-4H,(H6,23,24,25,26,27). The smallest absolute Gasteiger partial charge is 0.416 e. The average molecular weight is 409 g/mol. The van der Waals surface area contributed by atoms with Crippen molar-refractivity contribution in [2.24, 2.45) is 27.2 Å². The molecule has 28 heavy (non-hydrogen) atoms. The summed E-state index contributed by atoms with van der Waals surface area (Å²) in [6.45, 7) is 0. The van der Waals surface area contributed by atoms with Crippen LogP contribution in [0.4, 0.5) is 36.4 Å². The first-order valence-corrected chi connectivity index (χ1v) is 7.06. The molecule has 0 spiro atoms. The summed E-state index contributed by atoms with van der Waals surface area (Å²) in [4.78, 5) is 6.81. The lowest BCUT2D eigenvalue weighted by atomic mass is 10.2. The summed E-state index contributed by atoms with van der Waals surface area (Å²) >= 11 is 0. The van der Waals surface area contributed by atoms with Gasteiger partial charge in [-0.25, -0.2) is 18.2 Å². The van der Waals surface area contributed by atoms with Crippen LogP contribution in [-0.2, 0) is 6.18 Å². The van der Waals surface area contributed by atoms with Gasteiger partial charge in [-0.3, -0.25) is 0 Å². The third-order valence-electron chi connectivity index (χ3n) is 3.04. The molecule has 2 rings (SSSR count). The van der Waals surface area contributed by atoms with Crippen molar-refractivity contribution in [1.82, 2.24) is 0 Å². The number of hydrogen-bond donors (Lipinski definition) is 3. The molecule has 0 aliphatic heterocycles. The predicted octanol–water partition coefficient (Wildman–Crippen LogP) is 3.27. The Morgan fingerprint density at radius 1 is 0.857 bits per heavy atom. The first-order chi connectivity index (χ1) is 12.9. The maximum atomic E-state index is 14.1. The second kappa shape index (κ2) is 7.62. The summed E-state index contributed by atoms with van der Waals surface area (Å²) in [6, 6.07) is 1.24. The molecule has 150 valence electrons. The number of nitrogens with two attached hydrogens (primary N) is 3. The van der Waals surface area contributed by atoms with E-state index in [0.717, 1.165) is 6.07 Å². The van der Waals surface area contributed by atoms with Crippen molar-refractivity contribution >= 4 is 17.6 Å². The van der Waals surface area contributed by atoms with E-state index < -0.39 is 64.1 Å². The third-order valence-corrected chi connectivity index (χ3v) is 3.04. The number of halogens is 7. The van der Waals surface area contributed by atoms with Crippen LogP contribution in [0.2, 0.25) is 0 Å². The van der Waals surface area contributed by atoms with Gasteiger partial charge in [0.1, 0.15) is 5.69 Å². The van der Waals surface area contributed by atoms with Crippen molar-refractivity contribution in [2.45, 2.75) is 6.18 Å². The molecule has 0 amide bonds. The summed E-state index contributed by atoms with van der Waals surface area (Å²) in [5.41, 5.74) is 13.2. The molecule has 0 heterocycles. The second-order valence-electron chi connectivity index (χ2n) is 5.09. The highest BCUT2D eigenvalue weighted by molar-refractivity contribution is 5.93. The summed E-state index contributed by atoms with van der Waals surface area (Å²) in [7, 11) is 0. The van der Waals surface area contributed by atoms with Crippen molar-refractivity contribution in [2.75, 3.05) is 0 Å². The number of ether oxygens (including phenoxy) is 1. The van der Waals surface area contributed by atoms with E-state index in [9.17, 15) is 30.7 Å². The highest BCUT2D eigenvalue weighted by Gasteiger charge is 2.33. The predicted molar refractivity (Wildman–Crippen MR) is 84.9 cm³/mol. The molecule has 2 aromatic rings. The summed E-state index contributed by atoms with van der Waals surface area (Å²) < 4.78 is 97.8. The minimum Gasteiger partial charge on any atom is -0.446 e. The van der Waals surface area contributed by atoms with Gasteiger partial charge >= 0.3 is 6.18 Å². The van der Waals surface area contributed by atoms with Gasteiger partial charge < -0.3 is 21.9 Å². The van der Waals surface area contributed by atoms with Crippen LogP contribution in [0, 0.1) is 23.3 Å². The van der Waals surface area contributed by atoms with Gasteiger partial charge in [0.2, 0.25) is 11.8 Å². The van der Waals surface area contributed by atoms with E-state index in [-0.39, 0.29) is 12.1 Å². The molecule has 0 aliphatic carbocycles. The van der Waals surface area contributed by atoms with Crippen molar-refractivity contribution in [3.05, 3.63) is 53.1 Å². The Morgan fingerprint density at radius 3 is 1.93 bits per heavy atom. The van der Waals surface area contributed by atoms with Crippen LogP contribution in [0.5, 0.6) is 11.5 Å².